The van der Waals surface area contributed by atoms with Crippen LogP contribution in [-0.4, -0.2) is 42.8 Å². The summed E-state index contributed by atoms with van der Waals surface area (Å²) in [5.41, 5.74) is 4.74. The Morgan fingerprint density at radius 3 is 2.21 bits per heavy atom. The van der Waals surface area contributed by atoms with Crippen LogP contribution in [0.2, 0.25) is 0 Å². The third-order valence-corrected chi connectivity index (χ3v) is 6.73. The SMILES string of the molecule is O=C(O)CCCCCCNC(=O)[C@H]1C[C@H]1CNC(=O)OCC1c2ccccc2-c2ccccc21. The maximum atomic E-state index is 12.3. The predicted molar refractivity (Wildman–Crippen MR) is 128 cm³/mol. The second-order valence-corrected chi connectivity index (χ2v) is 9.16. The van der Waals surface area contributed by atoms with Crippen LogP contribution >= 0.6 is 0 Å². The molecule has 0 unspecified atom stereocenters. The van der Waals surface area contributed by atoms with Crippen molar-refractivity contribution in [3.8, 4) is 11.1 Å². The van der Waals surface area contributed by atoms with E-state index in [9.17, 15) is 14.4 Å². The maximum absolute atomic E-state index is 12.3. The molecule has 0 radical (unpaired) electrons. The molecule has 2 atom stereocenters. The number of hydrogen-bond donors (Lipinski definition) is 3. The first-order valence-corrected chi connectivity index (χ1v) is 12.1. The highest BCUT2D eigenvalue weighted by atomic mass is 16.5. The molecule has 2 amide bonds. The lowest BCUT2D eigenvalue weighted by molar-refractivity contribution is -0.137. The summed E-state index contributed by atoms with van der Waals surface area (Å²) in [4.78, 5) is 35.0. The van der Waals surface area contributed by atoms with Gasteiger partial charge in [-0.1, -0.05) is 61.4 Å². The first-order chi connectivity index (χ1) is 16.5. The van der Waals surface area contributed by atoms with E-state index in [0.29, 0.717) is 19.5 Å². The van der Waals surface area contributed by atoms with Gasteiger partial charge in [0.2, 0.25) is 5.91 Å². The largest absolute Gasteiger partial charge is 0.481 e. The number of benzene rings is 2. The van der Waals surface area contributed by atoms with Gasteiger partial charge in [-0.2, -0.15) is 0 Å². The molecule has 3 N–H and O–H groups in total. The van der Waals surface area contributed by atoms with Gasteiger partial charge in [-0.05, 0) is 47.4 Å². The van der Waals surface area contributed by atoms with E-state index in [1.807, 2.05) is 24.3 Å². The lowest BCUT2D eigenvalue weighted by atomic mass is 9.98. The summed E-state index contributed by atoms with van der Waals surface area (Å²) in [5, 5.41) is 14.4. The zero-order valence-corrected chi connectivity index (χ0v) is 19.3. The van der Waals surface area contributed by atoms with Crippen LogP contribution in [-0.2, 0) is 14.3 Å². The van der Waals surface area contributed by atoms with Crippen molar-refractivity contribution in [1.29, 1.82) is 0 Å². The second-order valence-electron chi connectivity index (χ2n) is 9.16. The zero-order chi connectivity index (χ0) is 23.9. The average molecular weight is 465 g/mol. The molecule has 7 heteroatoms. The van der Waals surface area contributed by atoms with E-state index in [4.69, 9.17) is 9.84 Å². The number of aliphatic carboxylic acids is 1. The van der Waals surface area contributed by atoms with Gasteiger partial charge in [0.25, 0.3) is 0 Å². The number of carbonyl (C=O) groups excluding carboxylic acids is 2. The summed E-state index contributed by atoms with van der Waals surface area (Å²) in [5.74, 6) is -0.608. The molecule has 2 aromatic carbocycles. The molecule has 1 saturated carbocycles. The number of fused-ring (bicyclic) bond motifs is 3. The summed E-state index contributed by atoms with van der Waals surface area (Å²) >= 11 is 0. The van der Waals surface area contributed by atoms with Crippen LogP contribution in [0.4, 0.5) is 4.79 Å². The van der Waals surface area contributed by atoms with Crippen molar-refractivity contribution < 1.29 is 24.2 Å². The van der Waals surface area contributed by atoms with E-state index in [2.05, 4.69) is 34.9 Å². The molecule has 2 aromatic rings. The smallest absolute Gasteiger partial charge is 0.407 e. The van der Waals surface area contributed by atoms with E-state index < -0.39 is 12.1 Å². The molecule has 0 aliphatic heterocycles. The molecule has 1 fully saturated rings. The Labute approximate surface area is 199 Å². The number of alkyl carbamates (subject to hydrolysis) is 1. The first-order valence-electron chi connectivity index (χ1n) is 12.1. The van der Waals surface area contributed by atoms with Gasteiger partial charge in [-0.25, -0.2) is 4.79 Å². The monoisotopic (exact) mass is 464 g/mol. The topological polar surface area (TPSA) is 105 Å². The molecule has 2 aliphatic rings. The Balaban J connectivity index is 1.13. The fourth-order valence-electron chi connectivity index (χ4n) is 4.76. The molecule has 4 rings (SSSR count). The van der Waals surface area contributed by atoms with Gasteiger partial charge in [0.1, 0.15) is 6.61 Å². The van der Waals surface area contributed by atoms with E-state index >= 15 is 0 Å². The third-order valence-electron chi connectivity index (χ3n) is 6.73. The van der Waals surface area contributed by atoms with E-state index in [1.54, 1.807) is 0 Å². The van der Waals surface area contributed by atoms with Gasteiger partial charge >= 0.3 is 12.1 Å². The van der Waals surface area contributed by atoms with Gasteiger partial charge in [0.05, 0.1) is 0 Å². The summed E-state index contributed by atoms with van der Waals surface area (Å²) in [6.07, 6.45) is 3.81. The van der Waals surface area contributed by atoms with Crippen molar-refractivity contribution in [2.45, 2.75) is 44.4 Å². The Kier molecular flexibility index (Phi) is 7.83. The lowest BCUT2D eigenvalue weighted by Gasteiger charge is -2.14. The van der Waals surface area contributed by atoms with Crippen LogP contribution in [0.3, 0.4) is 0 Å². The lowest BCUT2D eigenvalue weighted by Crippen LogP contribution is -2.30. The van der Waals surface area contributed by atoms with E-state index in [1.165, 1.54) is 22.3 Å². The molecule has 180 valence electrons. The quantitative estimate of drug-likeness (QED) is 0.406. The minimum atomic E-state index is -0.764. The third kappa shape index (κ3) is 5.95. The molecular formula is C27H32N2O5. The van der Waals surface area contributed by atoms with Crippen LogP contribution in [0.5, 0.6) is 0 Å². The highest BCUT2D eigenvalue weighted by Crippen LogP contribution is 2.44. The van der Waals surface area contributed by atoms with Crippen molar-refractivity contribution in [2.75, 3.05) is 19.7 Å². The number of rotatable bonds is 12. The predicted octanol–water partition coefficient (Wildman–Crippen LogP) is 4.31. The molecule has 0 aromatic heterocycles. The molecule has 2 aliphatic carbocycles. The number of carboxylic acid groups (broad SMARTS) is 1. The van der Waals surface area contributed by atoms with Gasteiger partial charge < -0.3 is 20.5 Å². The van der Waals surface area contributed by atoms with Crippen LogP contribution in [0, 0.1) is 11.8 Å². The fraction of sp³-hybridized carbons (Fsp3) is 0.444. The van der Waals surface area contributed by atoms with Gasteiger partial charge in [0, 0.05) is 31.3 Å². The van der Waals surface area contributed by atoms with Crippen LogP contribution in [0.1, 0.15) is 55.6 Å². The molecule has 0 heterocycles. The van der Waals surface area contributed by atoms with Crippen molar-refractivity contribution in [3.05, 3.63) is 59.7 Å². The highest BCUT2D eigenvalue weighted by Gasteiger charge is 2.42. The molecule has 7 nitrogen and oxygen atoms in total. The Morgan fingerprint density at radius 2 is 1.53 bits per heavy atom. The van der Waals surface area contributed by atoms with Crippen molar-refractivity contribution in [3.63, 3.8) is 0 Å². The van der Waals surface area contributed by atoms with Crippen LogP contribution in [0.15, 0.2) is 48.5 Å². The highest BCUT2D eigenvalue weighted by molar-refractivity contribution is 5.82. The summed E-state index contributed by atoms with van der Waals surface area (Å²) in [7, 11) is 0. The standard InChI is InChI=1S/C27H32N2O5/c30-25(31)13-3-1-2-8-14-28-26(32)23-15-18(23)16-29-27(33)34-17-24-21-11-6-4-9-19(21)20-10-5-7-12-22(20)24/h4-7,9-12,18,23-24H,1-3,8,13-17H2,(H,28,32)(H,29,33)(H,30,31)/t18-,23-/m0/s1. The normalized spacial score (nSPS) is 18.0. The molecule has 34 heavy (non-hydrogen) atoms. The van der Waals surface area contributed by atoms with Gasteiger partial charge in [0.15, 0.2) is 0 Å². The number of nitrogens with one attached hydrogen (secondary N) is 2. The number of amides is 2. The number of carboxylic acids is 1. The summed E-state index contributed by atoms with van der Waals surface area (Å²) in [6.45, 7) is 1.32. The zero-order valence-electron chi connectivity index (χ0n) is 19.3. The van der Waals surface area contributed by atoms with E-state index in [-0.39, 0.29) is 36.7 Å². The Morgan fingerprint density at radius 1 is 0.882 bits per heavy atom. The number of unbranched alkanes of at least 4 members (excludes halogenated alkanes) is 3. The second kappa shape index (κ2) is 11.2. The maximum Gasteiger partial charge on any atom is 0.407 e. The van der Waals surface area contributed by atoms with Crippen LogP contribution < -0.4 is 10.6 Å². The molecule has 0 spiro atoms. The van der Waals surface area contributed by atoms with Gasteiger partial charge in [-0.3, -0.25) is 9.59 Å². The number of hydrogen-bond acceptors (Lipinski definition) is 4. The van der Waals surface area contributed by atoms with Gasteiger partial charge in [-0.15, -0.1) is 0 Å². The minimum Gasteiger partial charge on any atom is -0.481 e. The summed E-state index contributed by atoms with van der Waals surface area (Å²) in [6, 6.07) is 16.4. The average Bonchev–Trinajstić information content (AvgIpc) is 3.55. The fourth-order valence-corrected chi connectivity index (χ4v) is 4.76. The Hall–Kier alpha value is -3.35. The number of carbonyl (C=O) groups is 3. The number of ether oxygens (including phenoxy) is 1. The van der Waals surface area contributed by atoms with Crippen molar-refractivity contribution in [2.24, 2.45) is 11.8 Å². The molecule has 0 saturated heterocycles. The minimum absolute atomic E-state index is 0.0294. The van der Waals surface area contributed by atoms with Crippen molar-refractivity contribution >= 4 is 18.0 Å². The molecule has 0 bridgehead atoms. The first kappa shape index (κ1) is 23.8. The van der Waals surface area contributed by atoms with E-state index in [0.717, 1.165) is 25.7 Å². The summed E-state index contributed by atoms with van der Waals surface area (Å²) < 4.78 is 5.55. The van der Waals surface area contributed by atoms with Crippen molar-refractivity contribution in [1.82, 2.24) is 10.6 Å². The van der Waals surface area contributed by atoms with Crippen LogP contribution in [0.25, 0.3) is 11.1 Å². The molecular weight excluding hydrogens is 432 g/mol. The Bertz CT molecular complexity index is 992.